The van der Waals surface area contributed by atoms with Crippen molar-refractivity contribution in [3.8, 4) is 33.8 Å². The zero-order valence-corrected chi connectivity index (χ0v) is 19.2. The number of rotatable bonds is 4. The lowest BCUT2D eigenvalue weighted by Crippen LogP contribution is -2.48. The quantitative estimate of drug-likeness (QED) is 0.281. The van der Waals surface area contributed by atoms with Gasteiger partial charge in [-0.2, -0.15) is 0 Å². The zero-order valence-electron chi connectivity index (χ0n) is 19.2. The highest BCUT2D eigenvalue weighted by Gasteiger charge is 2.32. The van der Waals surface area contributed by atoms with Gasteiger partial charge in [-0.05, 0) is 69.7 Å². The standard InChI is InChI=1S/C32H25BO/c1-23-19-20-30-32(21-23)34-31-18-9-8-17-29(31)33(30)22-28-26(24-11-4-2-5-12-24)15-10-16-27(28)25-13-6-3-7-14-25/h2-21H,22H2,1H3. The molecule has 34 heavy (non-hydrogen) atoms. The molecule has 0 unspecified atom stereocenters. The minimum absolute atomic E-state index is 0.216. The molecule has 162 valence electrons. The van der Waals surface area contributed by atoms with Crippen LogP contribution in [0.1, 0.15) is 11.1 Å². The van der Waals surface area contributed by atoms with Gasteiger partial charge in [0, 0.05) is 0 Å². The molecule has 0 bridgehead atoms. The predicted molar refractivity (Wildman–Crippen MR) is 144 cm³/mol. The SMILES string of the molecule is Cc1ccc2c(c1)Oc1ccccc1B2Cc1c(-c2ccccc2)cccc1-c1ccccc1. The third-order valence-electron chi connectivity index (χ3n) is 6.81. The second kappa shape index (κ2) is 8.72. The van der Waals surface area contributed by atoms with Gasteiger partial charge in [0.2, 0.25) is 6.71 Å². The van der Waals surface area contributed by atoms with Crippen molar-refractivity contribution in [3.63, 3.8) is 0 Å². The molecule has 5 aromatic carbocycles. The van der Waals surface area contributed by atoms with Gasteiger partial charge in [-0.25, -0.2) is 0 Å². The molecule has 1 aliphatic heterocycles. The average Bonchev–Trinajstić information content (AvgIpc) is 2.89. The number of ether oxygens (including phenoxy) is 1. The Kier molecular flexibility index (Phi) is 5.27. The van der Waals surface area contributed by atoms with Gasteiger partial charge in [0.05, 0.1) is 0 Å². The van der Waals surface area contributed by atoms with Crippen LogP contribution in [0.3, 0.4) is 0 Å². The molecule has 0 fully saturated rings. The molecule has 0 amide bonds. The summed E-state index contributed by atoms with van der Waals surface area (Å²) in [5.74, 6) is 1.94. The summed E-state index contributed by atoms with van der Waals surface area (Å²) >= 11 is 0. The molecule has 5 aromatic rings. The number of hydrogen-bond acceptors (Lipinski definition) is 1. The summed E-state index contributed by atoms with van der Waals surface area (Å²) in [5.41, 5.74) is 10.2. The number of para-hydroxylation sites is 1. The molecule has 0 saturated carbocycles. The summed E-state index contributed by atoms with van der Waals surface area (Å²) in [5, 5.41) is 0. The van der Waals surface area contributed by atoms with Gasteiger partial charge in [-0.3, -0.25) is 0 Å². The van der Waals surface area contributed by atoms with E-state index >= 15 is 0 Å². The molecule has 0 spiro atoms. The van der Waals surface area contributed by atoms with Crippen molar-refractivity contribution in [2.45, 2.75) is 13.2 Å². The van der Waals surface area contributed by atoms with E-state index in [0.29, 0.717) is 0 Å². The third-order valence-corrected chi connectivity index (χ3v) is 6.81. The van der Waals surface area contributed by atoms with E-state index in [1.807, 2.05) is 0 Å². The molecule has 0 N–H and O–H groups in total. The number of fused-ring (bicyclic) bond motifs is 2. The fraction of sp³-hybridized carbons (Fsp3) is 0.0625. The maximum Gasteiger partial charge on any atom is 0.223 e. The summed E-state index contributed by atoms with van der Waals surface area (Å²) in [6.45, 7) is 2.34. The van der Waals surface area contributed by atoms with Crippen molar-refractivity contribution in [2.75, 3.05) is 0 Å². The van der Waals surface area contributed by atoms with Crippen LogP contribution >= 0.6 is 0 Å². The van der Waals surface area contributed by atoms with E-state index in [-0.39, 0.29) is 6.71 Å². The molecular weight excluding hydrogens is 411 g/mol. The van der Waals surface area contributed by atoms with Crippen LogP contribution in [-0.2, 0) is 6.32 Å². The average molecular weight is 436 g/mol. The molecule has 0 radical (unpaired) electrons. The van der Waals surface area contributed by atoms with Gasteiger partial charge < -0.3 is 4.74 Å². The van der Waals surface area contributed by atoms with Crippen molar-refractivity contribution in [1.29, 1.82) is 0 Å². The summed E-state index contributed by atoms with van der Waals surface area (Å²) in [6.07, 6.45) is 0.895. The van der Waals surface area contributed by atoms with Gasteiger partial charge in [-0.15, -0.1) is 0 Å². The van der Waals surface area contributed by atoms with Crippen molar-refractivity contribution in [3.05, 3.63) is 132 Å². The number of hydrogen-bond donors (Lipinski definition) is 0. The Bertz CT molecular complexity index is 1400. The fourth-order valence-corrected chi connectivity index (χ4v) is 5.17. The van der Waals surface area contributed by atoms with Crippen LogP contribution in [0.25, 0.3) is 22.3 Å². The minimum atomic E-state index is 0.216. The van der Waals surface area contributed by atoms with Gasteiger partial charge in [-0.1, -0.05) is 109 Å². The minimum Gasteiger partial charge on any atom is -0.458 e. The Morgan fingerprint density at radius 3 is 1.82 bits per heavy atom. The molecule has 1 nitrogen and oxygen atoms in total. The predicted octanol–water partition coefficient (Wildman–Crippen LogP) is 6.83. The van der Waals surface area contributed by atoms with Crippen LogP contribution in [0.4, 0.5) is 0 Å². The smallest absolute Gasteiger partial charge is 0.223 e. The summed E-state index contributed by atoms with van der Waals surface area (Å²) < 4.78 is 6.36. The summed E-state index contributed by atoms with van der Waals surface area (Å²) in [6, 6.07) is 43.3. The number of benzene rings is 5. The normalized spacial score (nSPS) is 12.0. The largest absolute Gasteiger partial charge is 0.458 e. The molecule has 2 heteroatoms. The topological polar surface area (TPSA) is 9.23 Å². The van der Waals surface area contributed by atoms with Crippen molar-refractivity contribution < 1.29 is 4.74 Å². The highest BCUT2D eigenvalue weighted by molar-refractivity contribution is 6.86. The highest BCUT2D eigenvalue weighted by Crippen LogP contribution is 2.35. The van der Waals surface area contributed by atoms with Crippen LogP contribution in [0, 0.1) is 6.92 Å². The third kappa shape index (κ3) is 3.72. The first-order valence-electron chi connectivity index (χ1n) is 11.9. The van der Waals surface area contributed by atoms with E-state index in [1.165, 1.54) is 44.3 Å². The molecule has 1 heterocycles. The first-order valence-corrected chi connectivity index (χ1v) is 11.9. The molecule has 0 atom stereocenters. The molecule has 1 aliphatic rings. The lowest BCUT2D eigenvalue weighted by atomic mass is 9.36. The van der Waals surface area contributed by atoms with Crippen molar-refractivity contribution in [1.82, 2.24) is 0 Å². The van der Waals surface area contributed by atoms with E-state index in [1.54, 1.807) is 0 Å². The van der Waals surface area contributed by atoms with Crippen LogP contribution in [0.2, 0.25) is 0 Å². The van der Waals surface area contributed by atoms with E-state index in [0.717, 1.165) is 17.8 Å². The van der Waals surface area contributed by atoms with Crippen molar-refractivity contribution >= 4 is 17.6 Å². The molecular formula is C32H25BO. The molecule has 6 rings (SSSR count). The second-order valence-corrected chi connectivity index (χ2v) is 9.00. The lowest BCUT2D eigenvalue weighted by Gasteiger charge is -2.28. The zero-order chi connectivity index (χ0) is 22.9. The van der Waals surface area contributed by atoms with Gasteiger partial charge >= 0.3 is 0 Å². The van der Waals surface area contributed by atoms with E-state index in [4.69, 9.17) is 4.74 Å². The van der Waals surface area contributed by atoms with E-state index < -0.39 is 0 Å². The first kappa shape index (κ1) is 20.6. The Morgan fingerprint density at radius 1 is 0.559 bits per heavy atom. The summed E-state index contributed by atoms with van der Waals surface area (Å²) in [4.78, 5) is 0. The van der Waals surface area contributed by atoms with Crippen LogP contribution < -0.4 is 15.7 Å². The maximum atomic E-state index is 6.36. The molecule has 0 aliphatic carbocycles. The Hall–Kier alpha value is -4.04. The molecule has 0 saturated heterocycles. The van der Waals surface area contributed by atoms with Gasteiger partial charge in [0.25, 0.3) is 0 Å². The van der Waals surface area contributed by atoms with Crippen molar-refractivity contribution in [2.24, 2.45) is 0 Å². The Balaban J connectivity index is 1.56. The lowest BCUT2D eigenvalue weighted by molar-refractivity contribution is 0.486. The Morgan fingerprint density at radius 2 is 1.15 bits per heavy atom. The fourth-order valence-electron chi connectivity index (χ4n) is 5.17. The van der Waals surface area contributed by atoms with Gasteiger partial charge in [0.15, 0.2) is 0 Å². The monoisotopic (exact) mass is 436 g/mol. The number of aryl methyl sites for hydroxylation is 1. The molecule has 0 aromatic heterocycles. The Labute approximate surface area is 201 Å². The van der Waals surface area contributed by atoms with E-state index in [2.05, 4.69) is 128 Å². The van der Waals surface area contributed by atoms with E-state index in [9.17, 15) is 0 Å². The first-order chi connectivity index (χ1) is 16.8. The maximum absolute atomic E-state index is 6.36. The van der Waals surface area contributed by atoms with Crippen LogP contribution in [-0.4, -0.2) is 6.71 Å². The summed E-state index contributed by atoms with van der Waals surface area (Å²) in [7, 11) is 0. The van der Waals surface area contributed by atoms with Crippen LogP contribution in [0.15, 0.2) is 121 Å². The van der Waals surface area contributed by atoms with Crippen LogP contribution in [0.5, 0.6) is 11.5 Å². The highest BCUT2D eigenvalue weighted by atomic mass is 16.5. The second-order valence-electron chi connectivity index (χ2n) is 9.00. The van der Waals surface area contributed by atoms with Gasteiger partial charge in [0.1, 0.15) is 11.5 Å².